The Morgan fingerprint density at radius 1 is 0.684 bits per heavy atom. The van der Waals surface area contributed by atoms with Crippen molar-refractivity contribution in [1.82, 2.24) is 0 Å². The third-order valence-corrected chi connectivity index (χ3v) is 3.60. The van der Waals surface area contributed by atoms with Crippen molar-refractivity contribution >= 4 is 0 Å². The first-order valence-corrected chi connectivity index (χ1v) is 7.70. The van der Waals surface area contributed by atoms with Crippen LogP contribution in [0.5, 0.6) is 0 Å². The molecule has 2 N–H and O–H groups in total. The Bertz CT molecular complexity index is 181. The standard InChI is InChI=1S/C15H32O4/c1-13(2)9-8-11-14(3)10-6-4-5-7-12-15(18-16)19-17/h13-17H,4-12H2,1-3H3. The smallest absolute Gasteiger partial charge is 0.223 e. The van der Waals surface area contributed by atoms with E-state index < -0.39 is 6.29 Å². The van der Waals surface area contributed by atoms with E-state index in [0.717, 1.165) is 24.7 Å². The van der Waals surface area contributed by atoms with Crippen LogP contribution in [0.3, 0.4) is 0 Å². The summed E-state index contributed by atoms with van der Waals surface area (Å²) in [5, 5.41) is 16.7. The lowest BCUT2D eigenvalue weighted by molar-refractivity contribution is -0.432. The molecule has 1 atom stereocenters. The number of unbranched alkanes of at least 4 members (excludes halogenated alkanes) is 3. The number of hydrogen-bond donors (Lipinski definition) is 2. The molecule has 0 radical (unpaired) electrons. The molecule has 0 aromatic rings. The molecule has 0 spiro atoms. The molecule has 0 saturated carbocycles. The molecule has 0 aliphatic rings. The van der Waals surface area contributed by atoms with Crippen molar-refractivity contribution in [2.75, 3.05) is 0 Å². The van der Waals surface area contributed by atoms with Gasteiger partial charge in [-0.15, -0.1) is 0 Å². The van der Waals surface area contributed by atoms with Gasteiger partial charge in [-0.1, -0.05) is 65.7 Å². The fourth-order valence-corrected chi connectivity index (χ4v) is 2.30. The first-order valence-electron chi connectivity index (χ1n) is 7.70. The topological polar surface area (TPSA) is 58.9 Å². The highest BCUT2D eigenvalue weighted by atomic mass is 17.2. The van der Waals surface area contributed by atoms with E-state index >= 15 is 0 Å². The van der Waals surface area contributed by atoms with Gasteiger partial charge in [0.05, 0.1) is 0 Å². The van der Waals surface area contributed by atoms with Crippen molar-refractivity contribution in [1.29, 1.82) is 0 Å². The second-order valence-corrected chi connectivity index (χ2v) is 6.06. The molecule has 4 nitrogen and oxygen atoms in total. The van der Waals surface area contributed by atoms with Crippen LogP contribution in [0.1, 0.15) is 78.6 Å². The summed E-state index contributed by atoms with van der Waals surface area (Å²) in [6.45, 7) is 6.91. The molecular weight excluding hydrogens is 244 g/mol. The average molecular weight is 276 g/mol. The minimum Gasteiger partial charge on any atom is -0.249 e. The average Bonchev–Trinajstić information content (AvgIpc) is 2.37. The van der Waals surface area contributed by atoms with Crippen LogP contribution in [0.2, 0.25) is 0 Å². The van der Waals surface area contributed by atoms with Crippen LogP contribution in [0.15, 0.2) is 0 Å². The van der Waals surface area contributed by atoms with Crippen molar-refractivity contribution in [3.8, 4) is 0 Å². The molecule has 1 unspecified atom stereocenters. The van der Waals surface area contributed by atoms with E-state index in [1.807, 2.05) is 0 Å². The highest BCUT2D eigenvalue weighted by Crippen LogP contribution is 2.18. The van der Waals surface area contributed by atoms with Crippen LogP contribution in [0.25, 0.3) is 0 Å². The van der Waals surface area contributed by atoms with E-state index in [1.165, 1.54) is 38.5 Å². The van der Waals surface area contributed by atoms with Crippen molar-refractivity contribution in [3.05, 3.63) is 0 Å². The van der Waals surface area contributed by atoms with E-state index in [2.05, 4.69) is 30.5 Å². The molecule has 0 heterocycles. The molecule has 0 saturated heterocycles. The first kappa shape index (κ1) is 18.8. The zero-order valence-electron chi connectivity index (χ0n) is 12.8. The van der Waals surface area contributed by atoms with Gasteiger partial charge in [-0.3, -0.25) is 0 Å². The largest absolute Gasteiger partial charge is 0.249 e. The van der Waals surface area contributed by atoms with Gasteiger partial charge < -0.3 is 0 Å². The molecule has 0 fully saturated rings. The maximum absolute atomic E-state index is 8.34. The molecule has 4 heteroatoms. The Kier molecular flexibility index (Phi) is 12.7. The molecule has 0 rings (SSSR count). The third kappa shape index (κ3) is 12.6. The minimum atomic E-state index is -0.894. The van der Waals surface area contributed by atoms with Crippen LogP contribution in [-0.2, 0) is 9.78 Å². The van der Waals surface area contributed by atoms with Crippen LogP contribution in [0.4, 0.5) is 0 Å². The number of rotatable bonds is 13. The lowest BCUT2D eigenvalue weighted by atomic mass is 9.95. The lowest BCUT2D eigenvalue weighted by Gasteiger charge is -2.12. The maximum Gasteiger partial charge on any atom is 0.223 e. The van der Waals surface area contributed by atoms with Gasteiger partial charge in [-0.25, -0.2) is 20.3 Å². The normalized spacial score (nSPS) is 13.4. The van der Waals surface area contributed by atoms with Crippen LogP contribution >= 0.6 is 0 Å². The van der Waals surface area contributed by atoms with Crippen LogP contribution < -0.4 is 0 Å². The van der Waals surface area contributed by atoms with Gasteiger partial charge >= 0.3 is 0 Å². The van der Waals surface area contributed by atoms with Gasteiger partial charge in [0.25, 0.3) is 0 Å². The molecular formula is C15H32O4. The van der Waals surface area contributed by atoms with Gasteiger partial charge in [-0.2, -0.15) is 0 Å². The molecule has 0 aromatic heterocycles. The Hall–Kier alpha value is -0.160. The maximum atomic E-state index is 8.34. The van der Waals surface area contributed by atoms with Crippen molar-refractivity contribution < 1.29 is 20.3 Å². The molecule has 116 valence electrons. The fourth-order valence-electron chi connectivity index (χ4n) is 2.30. The fraction of sp³-hybridized carbons (Fsp3) is 1.00. The highest BCUT2D eigenvalue weighted by molar-refractivity contribution is 4.56. The summed E-state index contributed by atoms with van der Waals surface area (Å²) in [7, 11) is 0. The second kappa shape index (κ2) is 12.9. The van der Waals surface area contributed by atoms with E-state index in [4.69, 9.17) is 10.5 Å². The molecule has 0 aliphatic carbocycles. The predicted molar refractivity (Wildman–Crippen MR) is 76.8 cm³/mol. The summed E-state index contributed by atoms with van der Waals surface area (Å²) in [4.78, 5) is 7.87. The Balaban J connectivity index is 3.29. The monoisotopic (exact) mass is 276 g/mol. The molecule has 0 aromatic carbocycles. The quantitative estimate of drug-likeness (QED) is 0.213. The minimum absolute atomic E-state index is 0.525. The summed E-state index contributed by atoms with van der Waals surface area (Å²) >= 11 is 0. The van der Waals surface area contributed by atoms with Crippen LogP contribution in [0, 0.1) is 11.8 Å². The lowest BCUT2D eigenvalue weighted by Crippen LogP contribution is -2.12. The van der Waals surface area contributed by atoms with Gasteiger partial charge in [0.1, 0.15) is 0 Å². The first-order chi connectivity index (χ1) is 9.10. The predicted octanol–water partition coefficient (Wildman–Crippen LogP) is 5.09. The summed E-state index contributed by atoms with van der Waals surface area (Å²) in [5.41, 5.74) is 0. The number of hydrogen-bond acceptors (Lipinski definition) is 4. The molecule has 0 aliphatic heterocycles. The summed E-state index contributed by atoms with van der Waals surface area (Å²) < 4.78 is 0. The van der Waals surface area contributed by atoms with Gasteiger partial charge in [0, 0.05) is 6.42 Å². The third-order valence-electron chi connectivity index (χ3n) is 3.60. The van der Waals surface area contributed by atoms with Crippen molar-refractivity contribution in [2.24, 2.45) is 11.8 Å². The molecule has 0 amide bonds. The summed E-state index contributed by atoms with van der Waals surface area (Å²) in [6.07, 6.45) is 9.40. The Morgan fingerprint density at radius 3 is 1.74 bits per heavy atom. The van der Waals surface area contributed by atoms with Gasteiger partial charge in [0.15, 0.2) is 0 Å². The Labute approximate surface area is 118 Å². The van der Waals surface area contributed by atoms with Crippen molar-refractivity contribution in [3.63, 3.8) is 0 Å². The van der Waals surface area contributed by atoms with E-state index in [0.29, 0.717) is 6.42 Å². The van der Waals surface area contributed by atoms with Gasteiger partial charge in [0.2, 0.25) is 6.29 Å². The Morgan fingerprint density at radius 2 is 1.21 bits per heavy atom. The zero-order chi connectivity index (χ0) is 14.5. The van der Waals surface area contributed by atoms with E-state index in [-0.39, 0.29) is 0 Å². The van der Waals surface area contributed by atoms with Crippen LogP contribution in [-0.4, -0.2) is 16.8 Å². The van der Waals surface area contributed by atoms with E-state index in [1.54, 1.807) is 0 Å². The van der Waals surface area contributed by atoms with Crippen molar-refractivity contribution in [2.45, 2.75) is 84.8 Å². The summed E-state index contributed by atoms with van der Waals surface area (Å²) in [5.74, 6) is 1.65. The molecule has 0 bridgehead atoms. The second-order valence-electron chi connectivity index (χ2n) is 6.06. The zero-order valence-corrected chi connectivity index (χ0v) is 12.8. The SMILES string of the molecule is CC(C)CCCC(C)CCCCCCC(OO)OO. The van der Waals surface area contributed by atoms with Gasteiger partial charge in [-0.05, 0) is 18.3 Å². The van der Waals surface area contributed by atoms with E-state index in [9.17, 15) is 0 Å². The summed E-state index contributed by atoms with van der Waals surface area (Å²) in [6, 6.07) is 0. The highest BCUT2D eigenvalue weighted by Gasteiger charge is 2.08. The molecule has 19 heavy (non-hydrogen) atoms.